The molecule has 2 heteroatoms. The molecule has 0 amide bonds. The molecule has 1 N–H and O–H groups in total. The molecule has 0 aliphatic heterocycles. The Balaban J connectivity index is 3.85. The first-order valence-electron chi connectivity index (χ1n) is 4.49. The molecule has 2 unspecified atom stereocenters. The molecule has 0 aromatic heterocycles. The highest BCUT2D eigenvalue weighted by atomic mass is 16.5. The summed E-state index contributed by atoms with van der Waals surface area (Å²) in [5.74, 6) is 0.590. The van der Waals surface area contributed by atoms with E-state index in [4.69, 9.17) is 4.74 Å². The molecule has 72 valence electrons. The quantitative estimate of drug-likeness (QED) is 0.615. The van der Waals surface area contributed by atoms with Crippen LogP contribution < -0.4 is 5.32 Å². The number of nitrogens with one attached hydrogen (secondary N) is 1. The largest absolute Gasteiger partial charge is 0.383 e. The first-order chi connectivity index (χ1) is 5.61. The highest BCUT2D eigenvalue weighted by molar-refractivity contribution is 4.85. The summed E-state index contributed by atoms with van der Waals surface area (Å²) < 4.78 is 5.11. The zero-order valence-corrected chi connectivity index (χ0v) is 8.63. The van der Waals surface area contributed by atoms with Gasteiger partial charge in [-0.2, -0.15) is 0 Å². The highest BCUT2D eigenvalue weighted by Gasteiger charge is 2.13. The molecule has 0 aliphatic rings. The first kappa shape index (κ1) is 11.7. The lowest BCUT2D eigenvalue weighted by Crippen LogP contribution is -2.42. The molecule has 12 heavy (non-hydrogen) atoms. The summed E-state index contributed by atoms with van der Waals surface area (Å²) in [6.07, 6.45) is 1.91. The van der Waals surface area contributed by atoms with Gasteiger partial charge in [-0.05, 0) is 12.8 Å². The predicted octanol–water partition coefficient (Wildman–Crippen LogP) is 1.82. The van der Waals surface area contributed by atoms with E-state index in [0.29, 0.717) is 18.0 Å². The van der Waals surface area contributed by atoms with Crippen LogP contribution in [-0.4, -0.2) is 25.8 Å². The zero-order valence-electron chi connectivity index (χ0n) is 8.63. The van der Waals surface area contributed by atoms with Gasteiger partial charge in [-0.15, -0.1) is 6.58 Å². The molecule has 2 nitrogen and oxygen atoms in total. The van der Waals surface area contributed by atoms with E-state index in [2.05, 4.69) is 32.7 Å². The van der Waals surface area contributed by atoms with Crippen LogP contribution in [0.5, 0.6) is 0 Å². The van der Waals surface area contributed by atoms with Crippen LogP contribution in [0.1, 0.15) is 20.8 Å². The van der Waals surface area contributed by atoms with E-state index < -0.39 is 0 Å². The van der Waals surface area contributed by atoms with E-state index in [1.54, 1.807) is 7.11 Å². The van der Waals surface area contributed by atoms with E-state index in [-0.39, 0.29) is 0 Å². The molecule has 0 aromatic rings. The van der Waals surface area contributed by atoms with Crippen LogP contribution in [0.15, 0.2) is 12.7 Å². The molecule has 0 rings (SSSR count). The Morgan fingerprint density at radius 1 is 1.42 bits per heavy atom. The van der Waals surface area contributed by atoms with E-state index in [1.807, 2.05) is 6.08 Å². The lowest BCUT2D eigenvalue weighted by Gasteiger charge is -2.24. The molecule has 0 bridgehead atoms. The molecule has 0 aromatic carbocycles. The molecular weight excluding hydrogens is 150 g/mol. The van der Waals surface area contributed by atoms with Crippen LogP contribution in [0.3, 0.4) is 0 Å². The Bertz CT molecular complexity index is 123. The Morgan fingerprint density at radius 2 is 2.00 bits per heavy atom. The van der Waals surface area contributed by atoms with Gasteiger partial charge in [0, 0.05) is 19.2 Å². The summed E-state index contributed by atoms with van der Waals surface area (Å²) in [5.41, 5.74) is 0. The van der Waals surface area contributed by atoms with Gasteiger partial charge in [-0.1, -0.05) is 19.9 Å². The summed E-state index contributed by atoms with van der Waals surface area (Å²) in [4.78, 5) is 0. The maximum Gasteiger partial charge on any atom is 0.0618 e. The summed E-state index contributed by atoms with van der Waals surface area (Å²) in [6, 6.07) is 0.774. The Hall–Kier alpha value is -0.340. The second-order valence-electron chi connectivity index (χ2n) is 3.50. The van der Waals surface area contributed by atoms with Crippen molar-refractivity contribution in [3.05, 3.63) is 12.7 Å². The van der Waals surface area contributed by atoms with Gasteiger partial charge in [0.1, 0.15) is 0 Å². The molecule has 0 heterocycles. The molecule has 0 radical (unpaired) electrons. The normalized spacial score (nSPS) is 16.1. The van der Waals surface area contributed by atoms with E-state index in [9.17, 15) is 0 Å². The second kappa shape index (κ2) is 6.21. The number of hydrogen-bond acceptors (Lipinski definition) is 2. The van der Waals surface area contributed by atoms with Gasteiger partial charge < -0.3 is 10.1 Å². The first-order valence-corrected chi connectivity index (χ1v) is 4.49. The van der Waals surface area contributed by atoms with Crippen LogP contribution >= 0.6 is 0 Å². The van der Waals surface area contributed by atoms with Crippen molar-refractivity contribution in [3.63, 3.8) is 0 Å². The summed E-state index contributed by atoms with van der Waals surface area (Å²) in [7, 11) is 1.73. The fourth-order valence-electron chi connectivity index (χ4n) is 1.02. The van der Waals surface area contributed by atoms with Gasteiger partial charge in [-0.25, -0.2) is 0 Å². The third-order valence-electron chi connectivity index (χ3n) is 1.98. The molecule has 0 spiro atoms. The van der Waals surface area contributed by atoms with Crippen LogP contribution in [0.2, 0.25) is 0 Å². The van der Waals surface area contributed by atoms with E-state index in [0.717, 1.165) is 6.61 Å². The lowest BCUT2D eigenvalue weighted by molar-refractivity contribution is 0.144. The molecule has 0 saturated carbocycles. The molecular formula is C10H21NO. The van der Waals surface area contributed by atoms with Crippen molar-refractivity contribution >= 4 is 0 Å². The molecule has 0 fully saturated rings. The monoisotopic (exact) mass is 171 g/mol. The van der Waals surface area contributed by atoms with Crippen LogP contribution in [0.4, 0.5) is 0 Å². The van der Waals surface area contributed by atoms with Crippen LogP contribution in [-0.2, 0) is 4.74 Å². The fourth-order valence-corrected chi connectivity index (χ4v) is 1.02. The smallest absolute Gasteiger partial charge is 0.0618 e. The molecule has 0 aliphatic carbocycles. The number of ether oxygens (including phenoxy) is 1. The number of rotatable bonds is 6. The minimum Gasteiger partial charge on any atom is -0.383 e. The summed E-state index contributed by atoms with van der Waals surface area (Å²) in [5, 5.41) is 3.42. The third kappa shape index (κ3) is 4.52. The third-order valence-corrected chi connectivity index (χ3v) is 1.98. The number of hydrogen-bond donors (Lipinski definition) is 1. The maximum absolute atomic E-state index is 5.11. The minimum atomic E-state index is 0.354. The average molecular weight is 171 g/mol. The summed E-state index contributed by atoms with van der Waals surface area (Å²) >= 11 is 0. The highest BCUT2D eigenvalue weighted by Crippen LogP contribution is 2.03. The van der Waals surface area contributed by atoms with Crippen LogP contribution in [0.25, 0.3) is 0 Å². The Labute approximate surface area is 76.0 Å². The average Bonchev–Trinajstić information content (AvgIpc) is 2.03. The maximum atomic E-state index is 5.11. The van der Waals surface area contributed by atoms with Crippen molar-refractivity contribution < 1.29 is 4.74 Å². The van der Waals surface area contributed by atoms with Crippen molar-refractivity contribution in [1.82, 2.24) is 5.32 Å². The van der Waals surface area contributed by atoms with Crippen molar-refractivity contribution in [1.29, 1.82) is 0 Å². The number of methoxy groups -OCH3 is 1. The second-order valence-corrected chi connectivity index (χ2v) is 3.50. The van der Waals surface area contributed by atoms with Gasteiger partial charge in [0.25, 0.3) is 0 Å². The van der Waals surface area contributed by atoms with Crippen molar-refractivity contribution in [2.45, 2.75) is 32.9 Å². The topological polar surface area (TPSA) is 21.3 Å². The van der Waals surface area contributed by atoms with E-state index in [1.165, 1.54) is 0 Å². The minimum absolute atomic E-state index is 0.354. The Kier molecular flexibility index (Phi) is 6.03. The van der Waals surface area contributed by atoms with Gasteiger partial charge in [0.05, 0.1) is 6.61 Å². The summed E-state index contributed by atoms with van der Waals surface area (Å²) in [6.45, 7) is 11.0. The van der Waals surface area contributed by atoms with E-state index >= 15 is 0 Å². The molecule has 2 atom stereocenters. The van der Waals surface area contributed by atoms with Crippen molar-refractivity contribution in [2.24, 2.45) is 5.92 Å². The zero-order chi connectivity index (χ0) is 9.56. The Morgan fingerprint density at radius 3 is 2.33 bits per heavy atom. The van der Waals surface area contributed by atoms with Gasteiger partial charge in [0.15, 0.2) is 0 Å². The fraction of sp³-hybridized carbons (Fsp3) is 0.800. The van der Waals surface area contributed by atoms with Crippen molar-refractivity contribution in [2.75, 3.05) is 13.7 Å². The van der Waals surface area contributed by atoms with Gasteiger partial charge >= 0.3 is 0 Å². The van der Waals surface area contributed by atoms with Gasteiger partial charge in [-0.3, -0.25) is 0 Å². The van der Waals surface area contributed by atoms with Crippen LogP contribution in [0, 0.1) is 5.92 Å². The molecule has 0 saturated heterocycles. The standard InChI is InChI=1S/C10H21NO/c1-6-9(4)11-10(7-12-5)8(2)3/h6,8-11H,1,7H2,2-5H3. The van der Waals surface area contributed by atoms with Gasteiger partial charge in [0.2, 0.25) is 0 Å². The SMILES string of the molecule is C=CC(C)NC(COC)C(C)C. The lowest BCUT2D eigenvalue weighted by atomic mass is 10.0. The predicted molar refractivity (Wildman–Crippen MR) is 53.3 cm³/mol. The van der Waals surface area contributed by atoms with Crippen molar-refractivity contribution in [3.8, 4) is 0 Å².